The van der Waals surface area contributed by atoms with E-state index in [-0.39, 0.29) is 0 Å². The van der Waals surface area contributed by atoms with Crippen LogP contribution in [-0.4, -0.2) is 12.2 Å². The Morgan fingerprint density at radius 3 is 2.11 bits per heavy atom. The maximum absolute atomic E-state index is 10.5. The Hall–Kier alpha value is -1.80. The summed E-state index contributed by atoms with van der Waals surface area (Å²) in [5.41, 5.74) is 2.82. The van der Waals surface area contributed by atoms with Gasteiger partial charge in [0.1, 0.15) is 11.9 Å². The molecule has 19 heavy (non-hydrogen) atoms. The number of para-hydroxylation sites is 1. The fourth-order valence-electron chi connectivity index (χ4n) is 2.29. The number of methoxy groups -OCH3 is 1. The van der Waals surface area contributed by atoms with Crippen molar-refractivity contribution < 1.29 is 9.84 Å². The van der Waals surface area contributed by atoms with E-state index in [0.29, 0.717) is 5.92 Å². The summed E-state index contributed by atoms with van der Waals surface area (Å²) in [5, 5.41) is 10.5. The molecule has 0 heterocycles. The minimum absolute atomic E-state index is 0.359. The van der Waals surface area contributed by atoms with Crippen molar-refractivity contribution >= 4 is 0 Å². The zero-order chi connectivity index (χ0) is 13.8. The van der Waals surface area contributed by atoms with Crippen LogP contribution in [0, 0.1) is 0 Å². The van der Waals surface area contributed by atoms with Gasteiger partial charge in [-0.15, -0.1) is 0 Å². The summed E-state index contributed by atoms with van der Waals surface area (Å²) in [5.74, 6) is 1.15. The van der Waals surface area contributed by atoms with Gasteiger partial charge in [0.05, 0.1) is 7.11 Å². The average Bonchev–Trinajstić information content (AvgIpc) is 2.46. The number of benzene rings is 2. The van der Waals surface area contributed by atoms with Crippen LogP contribution in [0.2, 0.25) is 0 Å². The highest BCUT2D eigenvalue weighted by molar-refractivity contribution is 5.47. The summed E-state index contributed by atoms with van der Waals surface area (Å²) in [6, 6.07) is 15.6. The fraction of sp³-hybridized carbons (Fsp3) is 0.294. The first-order valence-corrected chi connectivity index (χ1v) is 6.55. The number of hydrogen-bond acceptors (Lipinski definition) is 2. The van der Waals surface area contributed by atoms with Crippen LogP contribution >= 0.6 is 0 Å². The molecule has 0 spiro atoms. The van der Waals surface area contributed by atoms with E-state index in [9.17, 15) is 5.11 Å². The smallest absolute Gasteiger partial charge is 0.128 e. The second-order valence-corrected chi connectivity index (χ2v) is 4.94. The standard InChI is InChI=1S/C17H20O2/c1-12(2)14-10-7-11-15(17(14)19-3)16(18)13-8-5-4-6-9-13/h4-12,16,18H,1-3H3. The topological polar surface area (TPSA) is 29.5 Å². The maximum Gasteiger partial charge on any atom is 0.128 e. The summed E-state index contributed by atoms with van der Waals surface area (Å²) in [7, 11) is 1.66. The summed E-state index contributed by atoms with van der Waals surface area (Å²) < 4.78 is 5.52. The molecule has 0 aliphatic carbocycles. The van der Waals surface area contributed by atoms with Crippen molar-refractivity contribution in [3.05, 3.63) is 65.2 Å². The number of ether oxygens (including phenoxy) is 1. The molecule has 0 radical (unpaired) electrons. The molecule has 0 saturated carbocycles. The Morgan fingerprint density at radius 1 is 0.895 bits per heavy atom. The normalized spacial score (nSPS) is 12.5. The summed E-state index contributed by atoms with van der Waals surface area (Å²) in [4.78, 5) is 0. The number of aliphatic hydroxyl groups is 1. The average molecular weight is 256 g/mol. The first-order valence-electron chi connectivity index (χ1n) is 6.55. The Balaban J connectivity index is 2.48. The van der Waals surface area contributed by atoms with Gasteiger partial charge in [0.2, 0.25) is 0 Å². The van der Waals surface area contributed by atoms with E-state index in [0.717, 1.165) is 22.4 Å². The van der Waals surface area contributed by atoms with E-state index in [1.54, 1.807) is 7.11 Å². The van der Waals surface area contributed by atoms with Crippen molar-refractivity contribution in [1.82, 2.24) is 0 Å². The van der Waals surface area contributed by atoms with Crippen LogP contribution in [0.1, 0.15) is 42.6 Å². The molecule has 0 bridgehead atoms. The van der Waals surface area contributed by atoms with E-state index in [4.69, 9.17) is 4.74 Å². The van der Waals surface area contributed by atoms with E-state index in [2.05, 4.69) is 13.8 Å². The molecule has 0 amide bonds. The molecule has 0 aliphatic rings. The van der Waals surface area contributed by atoms with Gasteiger partial charge in [0, 0.05) is 5.56 Å². The third-order valence-electron chi connectivity index (χ3n) is 3.31. The third kappa shape index (κ3) is 2.79. The van der Waals surface area contributed by atoms with Crippen LogP contribution in [0.15, 0.2) is 48.5 Å². The van der Waals surface area contributed by atoms with E-state index >= 15 is 0 Å². The molecular weight excluding hydrogens is 236 g/mol. The molecule has 0 saturated heterocycles. The first-order chi connectivity index (χ1) is 9.15. The number of rotatable bonds is 4. The molecule has 1 N–H and O–H groups in total. The lowest BCUT2D eigenvalue weighted by Gasteiger charge is -2.19. The van der Waals surface area contributed by atoms with Crippen LogP contribution in [0.4, 0.5) is 0 Å². The zero-order valence-corrected chi connectivity index (χ0v) is 11.6. The quantitative estimate of drug-likeness (QED) is 0.899. The summed E-state index contributed by atoms with van der Waals surface area (Å²) >= 11 is 0. The first kappa shape index (κ1) is 13.6. The fourth-order valence-corrected chi connectivity index (χ4v) is 2.29. The highest BCUT2D eigenvalue weighted by atomic mass is 16.5. The van der Waals surface area contributed by atoms with Crippen LogP contribution in [0.3, 0.4) is 0 Å². The van der Waals surface area contributed by atoms with Gasteiger partial charge in [-0.1, -0.05) is 62.4 Å². The predicted molar refractivity (Wildman–Crippen MR) is 77.6 cm³/mol. The summed E-state index contributed by atoms with van der Waals surface area (Å²) in [6.07, 6.45) is -0.658. The van der Waals surface area contributed by atoms with Crippen LogP contribution in [-0.2, 0) is 0 Å². The molecule has 0 fully saturated rings. The molecular formula is C17H20O2. The molecule has 2 rings (SSSR count). The maximum atomic E-state index is 10.5. The lowest BCUT2D eigenvalue weighted by atomic mass is 9.94. The summed E-state index contributed by atoms with van der Waals surface area (Å²) in [6.45, 7) is 4.24. The molecule has 2 nitrogen and oxygen atoms in total. The molecule has 2 aromatic carbocycles. The highest BCUT2D eigenvalue weighted by Gasteiger charge is 2.18. The second kappa shape index (κ2) is 5.89. The zero-order valence-electron chi connectivity index (χ0n) is 11.6. The Morgan fingerprint density at radius 2 is 1.53 bits per heavy atom. The van der Waals surface area contributed by atoms with Gasteiger partial charge >= 0.3 is 0 Å². The van der Waals surface area contributed by atoms with Crippen molar-refractivity contribution in [2.75, 3.05) is 7.11 Å². The van der Waals surface area contributed by atoms with Crippen LogP contribution in [0.25, 0.3) is 0 Å². The number of hydrogen-bond donors (Lipinski definition) is 1. The highest BCUT2D eigenvalue weighted by Crippen LogP contribution is 2.35. The monoisotopic (exact) mass is 256 g/mol. The molecule has 0 aliphatic heterocycles. The van der Waals surface area contributed by atoms with Crippen molar-refractivity contribution in [1.29, 1.82) is 0 Å². The van der Waals surface area contributed by atoms with Gasteiger partial charge in [0.25, 0.3) is 0 Å². The van der Waals surface area contributed by atoms with Crippen molar-refractivity contribution in [3.63, 3.8) is 0 Å². The van der Waals surface area contributed by atoms with Crippen LogP contribution < -0.4 is 4.74 Å². The van der Waals surface area contributed by atoms with E-state index in [1.165, 1.54) is 0 Å². The van der Waals surface area contributed by atoms with Gasteiger partial charge < -0.3 is 9.84 Å². The van der Waals surface area contributed by atoms with Crippen molar-refractivity contribution in [2.45, 2.75) is 25.9 Å². The third-order valence-corrected chi connectivity index (χ3v) is 3.31. The van der Waals surface area contributed by atoms with Crippen molar-refractivity contribution in [2.24, 2.45) is 0 Å². The minimum Gasteiger partial charge on any atom is -0.496 e. The molecule has 1 atom stereocenters. The minimum atomic E-state index is -0.658. The van der Waals surface area contributed by atoms with Gasteiger partial charge in [-0.3, -0.25) is 0 Å². The molecule has 2 aromatic rings. The molecule has 100 valence electrons. The Kier molecular flexibility index (Phi) is 4.23. The van der Waals surface area contributed by atoms with Gasteiger partial charge in [-0.2, -0.15) is 0 Å². The van der Waals surface area contributed by atoms with Gasteiger partial charge in [-0.05, 0) is 17.0 Å². The van der Waals surface area contributed by atoms with Crippen LogP contribution in [0.5, 0.6) is 5.75 Å². The van der Waals surface area contributed by atoms with Gasteiger partial charge in [0.15, 0.2) is 0 Å². The van der Waals surface area contributed by atoms with E-state index < -0.39 is 6.10 Å². The van der Waals surface area contributed by atoms with E-state index in [1.807, 2.05) is 48.5 Å². The number of aliphatic hydroxyl groups excluding tert-OH is 1. The molecule has 2 heteroatoms. The SMILES string of the molecule is COc1c(C(C)C)cccc1C(O)c1ccccc1. The molecule has 1 unspecified atom stereocenters. The lowest BCUT2D eigenvalue weighted by molar-refractivity contribution is 0.214. The molecule has 0 aromatic heterocycles. The van der Waals surface area contributed by atoms with Gasteiger partial charge in [-0.25, -0.2) is 0 Å². The van der Waals surface area contributed by atoms with Crippen molar-refractivity contribution in [3.8, 4) is 5.75 Å². The Bertz CT molecular complexity index is 532. The largest absolute Gasteiger partial charge is 0.496 e. The predicted octanol–water partition coefficient (Wildman–Crippen LogP) is 3.90. The lowest BCUT2D eigenvalue weighted by Crippen LogP contribution is -2.05. The second-order valence-electron chi connectivity index (χ2n) is 4.94. The Labute approximate surface area is 114 Å².